The summed E-state index contributed by atoms with van der Waals surface area (Å²) < 4.78 is 16.1. The Labute approximate surface area is 125 Å². The molecule has 1 heterocycles. The van der Waals surface area contributed by atoms with Gasteiger partial charge in [-0.1, -0.05) is 19.4 Å². The molecule has 2 aromatic rings. The minimum Gasteiger partial charge on any atom is -0.327 e. The van der Waals surface area contributed by atoms with Crippen LogP contribution in [0, 0.1) is 11.7 Å². The smallest absolute Gasteiger partial charge is 0.151 e. The van der Waals surface area contributed by atoms with Crippen LogP contribution in [0.3, 0.4) is 0 Å². The number of aryl methyl sites for hydroxylation is 1. The second-order valence-corrected chi connectivity index (χ2v) is 6.30. The van der Waals surface area contributed by atoms with Gasteiger partial charge in [-0.05, 0) is 50.7 Å². The van der Waals surface area contributed by atoms with Crippen LogP contribution in [0.15, 0.2) is 18.2 Å². The van der Waals surface area contributed by atoms with E-state index in [2.05, 4.69) is 23.4 Å². The molecule has 3 rings (SSSR count). The summed E-state index contributed by atoms with van der Waals surface area (Å²) in [6, 6.07) is 5.14. The Balaban J connectivity index is 2.06. The quantitative estimate of drug-likeness (QED) is 0.929. The number of hydrogen-bond acceptors (Lipinski definition) is 2. The molecule has 1 fully saturated rings. The van der Waals surface area contributed by atoms with Crippen LogP contribution in [0.4, 0.5) is 4.39 Å². The van der Waals surface area contributed by atoms with E-state index in [9.17, 15) is 4.39 Å². The van der Waals surface area contributed by atoms with Gasteiger partial charge >= 0.3 is 0 Å². The molecule has 1 aliphatic rings. The van der Waals surface area contributed by atoms with Gasteiger partial charge in [0.15, 0.2) is 5.82 Å². The van der Waals surface area contributed by atoms with Crippen LogP contribution >= 0.6 is 0 Å². The maximum atomic E-state index is 14.0. The SMILES string of the molecule is CCC1CCC(N)(c2nc3c(F)cccc3n2CC)CC1. The van der Waals surface area contributed by atoms with Gasteiger partial charge in [0.05, 0.1) is 11.1 Å². The first-order valence-corrected chi connectivity index (χ1v) is 8.03. The molecule has 0 bridgehead atoms. The van der Waals surface area contributed by atoms with Gasteiger partial charge in [-0.2, -0.15) is 0 Å². The van der Waals surface area contributed by atoms with Crippen molar-refractivity contribution >= 4 is 11.0 Å². The van der Waals surface area contributed by atoms with E-state index in [1.54, 1.807) is 6.07 Å². The molecule has 4 heteroatoms. The first kappa shape index (κ1) is 14.5. The largest absolute Gasteiger partial charge is 0.327 e. The van der Waals surface area contributed by atoms with Gasteiger partial charge in [-0.25, -0.2) is 9.37 Å². The third-order valence-corrected chi connectivity index (χ3v) is 5.07. The van der Waals surface area contributed by atoms with Crippen molar-refractivity contribution in [2.24, 2.45) is 11.7 Å². The Bertz CT molecular complexity index is 639. The van der Waals surface area contributed by atoms with Gasteiger partial charge in [0.2, 0.25) is 0 Å². The van der Waals surface area contributed by atoms with E-state index in [4.69, 9.17) is 5.73 Å². The van der Waals surface area contributed by atoms with Crippen molar-refractivity contribution in [2.45, 2.75) is 58.0 Å². The van der Waals surface area contributed by atoms with E-state index in [0.717, 1.165) is 49.5 Å². The third-order valence-electron chi connectivity index (χ3n) is 5.07. The van der Waals surface area contributed by atoms with Crippen LogP contribution in [-0.2, 0) is 12.1 Å². The minimum atomic E-state index is -0.410. The first-order chi connectivity index (χ1) is 10.1. The Hall–Kier alpha value is -1.42. The molecular formula is C17H24FN3. The molecule has 0 radical (unpaired) electrons. The average Bonchev–Trinajstić information content (AvgIpc) is 2.89. The predicted octanol–water partition coefficient (Wildman–Crippen LogP) is 3.95. The zero-order chi connectivity index (χ0) is 15.0. The number of nitrogens with zero attached hydrogens (tertiary/aromatic N) is 2. The summed E-state index contributed by atoms with van der Waals surface area (Å²) in [5.41, 5.74) is 7.58. The highest BCUT2D eigenvalue weighted by Crippen LogP contribution is 2.39. The lowest BCUT2D eigenvalue weighted by Gasteiger charge is -2.36. The number of fused-ring (bicyclic) bond motifs is 1. The van der Waals surface area contributed by atoms with Crippen LogP contribution in [0.1, 0.15) is 51.8 Å². The van der Waals surface area contributed by atoms with Crippen LogP contribution in [-0.4, -0.2) is 9.55 Å². The highest BCUT2D eigenvalue weighted by molar-refractivity contribution is 5.77. The van der Waals surface area contributed by atoms with Crippen molar-refractivity contribution in [3.63, 3.8) is 0 Å². The molecule has 1 aliphatic carbocycles. The van der Waals surface area contributed by atoms with Gasteiger partial charge < -0.3 is 10.3 Å². The summed E-state index contributed by atoms with van der Waals surface area (Å²) >= 11 is 0. The van der Waals surface area contributed by atoms with Crippen molar-refractivity contribution in [2.75, 3.05) is 0 Å². The van der Waals surface area contributed by atoms with E-state index in [1.165, 1.54) is 12.5 Å². The fraction of sp³-hybridized carbons (Fsp3) is 0.588. The number of aromatic nitrogens is 2. The van der Waals surface area contributed by atoms with E-state index in [-0.39, 0.29) is 5.82 Å². The fourth-order valence-corrected chi connectivity index (χ4v) is 3.64. The minimum absolute atomic E-state index is 0.258. The van der Waals surface area contributed by atoms with E-state index in [1.807, 2.05) is 6.07 Å². The van der Waals surface area contributed by atoms with Crippen molar-refractivity contribution in [1.82, 2.24) is 9.55 Å². The molecule has 1 saturated carbocycles. The van der Waals surface area contributed by atoms with Crippen molar-refractivity contribution in [1.29, 1.82) is 0 Å². The zero-order valence-electron chi connectivity index (χ0n) is 12.9. The number of rotatable bonds is 3. The van der Waals surface area contributed by atoms with E-state index in [0.29, 0.717) is 5.52 Å². The number of benzene rings is 1. The molecule has 21 heavy (non-hydrogen) atoms. The summed E-state index contributed by atoms with van der Waals surface area (Å²) in [6.45, 7) is 5.08. The molecule has 0 unspecified atom stereocenters. The summed E-state index contributed by atoms with van der Waals surface area (Å²) in [4.78, 5) is 4.59. The maximum Gasteiger partial charge on any atom is 0.151 e. The average molecular weight is 289 g/mol. The van der Waals surface area contributed by atoms with Crippen LogP contribution in [0.2, 0.25) is 0 Å². The summed E-state index contributed by atoms with van der Waals surface area (Å²) in [5, 5.41) is 0. The number of para-hydroxylation sites is 1. The van der Waals surface area contributed by atoms with Gasteiger partial charge in [0, 0.05) is 6.54 Å². The Morgan fingerprint density at radius 3 is 2.67 bits per heavy atom. The number of imidazole rings is 1. The van der Waals surface area contributed by atoms with Crippen molar-refractivity contribution in [3.05, 3.63) is 29.8 Å². The van der Waals surface area contributed by atoms with Crippen LogP contribution in [0.25, 0.3) is 11.0 Å². The molecule has 2 N–H and O–H groups in total. The predicted molar refractivity (Wildman–Crippen MR) is 83.5 cm³/mol. The molecule has 3 nitrogen and oxygen atoms in total. The van der Waals surface area contributed by atoms with Crippen molar-refractivity contribution < 1.29 is 4.39 Å². The zero-order valence-corrected chi connectivity index (χ0v) is 12.9. The van der Waals surface area contributed by atoms with E-state index >= 15 is 0 Å². The van der Waals surface area contributed by atoms with Gasteiger partial charge in [-0.3, -0.25) is 0 Å². The summed E-state index contributed by atoms with van der Waals surface area (Å²) in [5.74, 6) is 1.38. The molecule has 0 spiro atoms. The van der Waals surface area contributed by atoms with Gasteiger partial charge in [-0.15, -0.1) is 0 Å². The molecule has 0 amide bonds. The summed E-state index contributed by atoms with van der Waals surface area (Å²) in [6.07, 6.45) is 5.38. The van der Waals surface area contributed by atoms with Crippen LogP contribution < -0.4 is 5.73 Å². The topological polar surface area (TPSA) is 43.8 Å². The normalized spacial score (nSPS) is 26.4. The maximum absolute atomic E-state index is 14.0. The summed E-state index contributed by atoms with van der Waals surface area (Å²) in [7, 11) is 0. The Kier molecular flexibility index (Phi) is 3.74. The Morgan fingerprint density at radius 2 is 2.05 bits per heavy atom. The highest BCUT2D eigenvalue weighted by atomic mass is 19.1. The third kappa shape index (κ3) is 2.35. The number of halogens is 1. The molecule has 0 atom stereocenters. The lowest BCUT2D eigenvalue weighted by Crippen LogP contribution is -2.42. The second kappa shape index (κ2) is 5.41. The monoisotopic (exact) mass is 289 g/mol. The number of hydrogen-bond donors (Lipinski definition) is 1. The molecular weight excluding hydrogens is 265 g/mol. The standard InChI is InChI=1S/C17H24FN3/c1-3-12-8-10-17(19,11-9-12)16-20-15-13(18)6-5-7-14(15)21(16)4-2/h5-7,12H,3-4,8-11,19H2,1-2H3. The highest BCUT2D eigenvalue weighted by Gasteiger charge is 2.37. The van der Waals surface area contributed by atoms with Crippen molar-refractivity contribution in [3.8, 4) is 0 Å². The lowest BCUT2D eigenvalue weighted by molar-refractivity contribution is 0.218. The molecule has 1 aromatic carbocycles. The second-order valence-electron chi connectivity index (χ2n) is 6.30. The number of nitrogens with two attached hydrogens (primary N) is 1. The van der Waals surface area contributed by atoms with E-state index < -0.39 is 5.54 Å². The Morgan fingerprint density at radius 1 is 1.33 bits per heavy atom. The molecule has 0 aliphatic heterocycles. The van der Waals surface area contributed by atoms with Crippen LogP contribution in [0.5, 0.6) is 0 Å². The molecule has 0 saturated heterocycles. The lowest BCUT2D eigenvalue weighted by atomic mass is 9.75. The fourth-order valence-electron chi connectivity index (χ4n) is 3.64. The molecule has 114 valence electrons. The first-order valence-electron chi connectivity index (χ1n) is 8.03. The molecule has 1 aromatic heterocycles. The van der Waals surface area contributed by atoms with Gasteiger partial charge in [0.25, 0.3) is 0 Å². The van der Waals surface area contributed by atoms with Gasteiger partial charge in [0.1, 0.15) is 11.3 Å².